The normalized spacial score (nSPS) is 12.0. The van der Waals surface area contributed by atoms with E-state index in [2.05, 4.69) is 22.4 Å². The molecule has 3 aromatic rings. The number of nitrogens with zero attached hydrogens (tertiary/aromatic N) is 4. The van der Waals surface area contributed by atoms with Crippen LogP contribution < -0.4 is 9.47 Å². The average molecular weight is 651 g/mol. The van der Waals surface area contributed by atoms with Crippen molar-refractivity contribution in [1.82, 2.24) is 0 Å². The highest BCUT2D eigenvalue weighted by Gasteiger charge is 2.07. The molecule has 0 spiro atoms. The van der Waals surface area contributed by atoms with E-state index in [1.807, 2.05) is 24.3 Å². The van der Waals surface area contributed by atoms with Gasteiger partial charge in [-0.3, -0.25) is 9.59 Å². The van der Waals surface area contributed by atoms with Crippen LogP contribution in [-0.4, -0.2) is 60.0 Å². The number of allylic oxidation sites excluding steroid dienone is 2. The van der Waals surface area contributed by atoms with Crippen molar-refractivity contribution >= 4 is 46.7 Å². The lowest BCUT2D eigenvalue weighted by Gasteiger charge is -2.07. The molecule has 12 nitrogen and oxygen atoms in total. The number of carboxylic acids is 2. The largest absolute Gasteiger partial charge is 0.490 e. The van der Waals surface area contributed by atoms with E-state index in [-0.39, 0.29) is 39.3 Å². The van der Waals surface area contributed by atoms with Crippen molar-refractivity contribution in [3.63, 3.8) is 0 Å². The molecule has 0 unspecified atom stereocenters. The van der Waals surface area contributed by atoms with E-state index in [0.29, 0.717) is 45.2 Å². The molecule has 48 heavy (non-hydrogen) atoms. The predicted octanol–water partition coefficient (Wildman–Crippen LogP) is 6.31. The third-order valence-corrected chi connectivity index (χ3v) is 6.27. The summed E-state index contributed by atoms with van der Waals surface area (Å²) in [5, 5.41) is 44.5. The molecule has 3 aromatic carbocycles. The molecule has 246 valence electrons. The second kappa shape index (κ2) is 19.2. The molecule has 3 rings (SSSR count). The second-order valence-electron chi connectivity index (χ2n) is 10.2. The Morgan fingerprint density at radius 3 is 1.29 bits per heavy atom. The number of hydrogen-bond acceptors (Lipinski definition) is 10. The number of carboxylic acid groups (broad SMARTS) is 2. The van der Waals surface area contributed by atoms with Gasteiger partial charge < -0.3 is 29.4 Å². The van der Waals surface area contributed by atoms with E-state index in [0.717, 1.165) is 11.1 Å². The van der Waals surface area contributed by atoms with Crippen LogP contribution in [0.4, 0.5) is 0 Å². The Hall–Kier alpha value is -6.40. The first kappa shape index (κ1) is 36.1. The lowest BCUT2D eigenvalue weighted by Crippen LogP contribution is -2.07. The minimum atomic E-state index is -0.977. The molecule has 0 saturated heterocycles. The van der Waals surface area contributed by atoms with E-state index in [9.17, 15) is 20.1 Å². The third kappa shape index (κ3) is 12.9. The fourth-order valence-corrected chi connectivity index (χ4v) is 4.05. The lowest BCUT2D eigenvalue weighted by molar-refractivity contribution is -0.136. The monoisotopic (exact) mass is 650 g/mol. The van der Waals surface area contributed by atoms with Gasteiger partial charge in [0.25, 0.3) is 0 Å². The molecule has 0 saturated carbocycles. The van der Waals surface area contributed by atoms with Crippen molar-refractivity contribution in [2.75, 3.05) is 26.4 Å². The molecule has 12 heteroatoms. The summed E-state index contributed by atoms with van der Waals surface area (Å²) in [5.41, 5.74) is 4.60. The predicted molar refractivity (Wildman–Crippen MR) is 180 cm³/mol. The second-order valence-corrected chi connectivity index (χ2v) is 10.2. The number of aliphatic carboxylic acids is 2. The van der Waals surface area contributed by atoms with Crippen LogP contribution in [0.1, 0.15) is 48.9 Å². The van der Waals surface area contributed by atoms with Gasteiger partial charge in [-0.25, -0.2) is 0 Å². The van der Waals surface area contributed by atoms with Crippen LogP contribution in [-0.2, 0) is 19.3 Å². The number of ether oxygens (including phenoxy) is 2. The van der Waals surface area contributed by atoms with Gasteiger partial charge >= 0.3 is 11.9 Å². The number of oxime groups is 2. The standard InChI is InChI=1S/C36H34N4O8/c1-25(19-35(41)42)39-47-17-15-45-33-11-3-27(4-12-33)21-31(23-37)29-7-9-30(10-8-29)32(24-38)22-28-5-13-34(14-6-28)46-16-18-48-40-26(2)20-36(43)44/h3-14,21-22H,15-20H2,1-2H3,(H,41,42)(H,43,44)/b31-21-,32-22+,39-25+,40-26+. The highest BCUT2D eigenvalue weighted by atomic mass is 16.6. The summed E-state index contributed by atoms with van der Waals surface area (Å²) < 4.78 is 11.2. The molecule has 2 N–H and O–H groups in total. The first-order valence-electron chi connectivity index (χ1n) is 14.7. The number of nitriles is 2. The number of carbonyl (C=O) groups is 2. The van der Waals surface area contributed by atoms with E-state index in [4.69, 9.17) is 29.4 Å². The van der Waals surface area contributed by atoms with Gasteiger partial charge in [-0.2, -0.15) is 10.5 Å². The maximum Gasteiger partial charge on any atom is 0.309 e. The number of hydrogen-bond donors (Lipinski definition) is 2. The Balaban J connectivity index is 1.55. The molecular formula is C36H34N4O8. The smallest absolute Gasteiger partial charge is 0.309 e. The highest BCUT2D eigenvalue weighted by molar-refractivity contribution is 5.97. The van der Waals surface area contributed by atoms with Gasteiger partial charge in [0.15, 0.2) is 13.2 Å². The topological polar surface area (TPSA) is 184 Å². The highest BCUT2D eigenvalue weighted by Crippen LogP contribution is 2.24. The van der Waals surface area contributed by atoms with Crippen molar-refractivity contribution < 1.29 is 39.0 Å². The Morgan fingerprint density at radius 1 is 0.625 bits per heavy atom. The van der Waals surface area contributed by atoms with Gasteiger partial charge in [-0.1, -0.05) is 58.8 Å². The van der Waals surface area contributed by atoms with Crippen LogP contribution in [0, 0.1) is 22.7 Å². The van der Waals surface area contributed by atoms with Crippen molar-refractivity contribution in [1.29, 1.82) is 10.5 Å². The Labute approximate surface area is 278 Å². The van der Waals surface area contributed by atoms with Crippen LogP contribution in [0.25, 0.3) is 23.3 Å². The summed E-state index contributed by atoms with van der Waals surface area (Å²) in [7, 11) is 0. The fraction of sp³-hybridized carbons (Fsp3) is 0.222. The molecule has 0 aliphatic heterocycles. The fourth-order valence-electron chi connectivity index (χ4n) is 4.05. The lowest BCUT2D eigenvalue weighted by atomic mass is 9.99. The van der Waals surface area contributed by atoms with Gasteiger partial charge in [0.05, 0.1) is 47.5 Å². The quantitative estimate of drug-likeness (QED) is 0.0520. The number of rotatable bonds is 18. The summed E-state index contributed by atoms with van der Waals surface area (Å²) in [6.45, 7) is 3.90. The summed E-state index contributed by atoms with van der Waals surface area (Å²) >= 11 is 0. The summed E-state index contributed by atoms with van der Waals surface area (Å²) in [5.74, 6) is -0.751. The molecular weight excluding hydrogens is 616 g/mol. The summed E-state index contributed by atoms with van der Waals surface area (Å²) in [6.07, 6.45) is 3.14. The van der Waals surface area contributed by atoms with E-state index in [1.54, 1.807) is 74.5 Å². The minimum absolute atomic E-state index is 0.157. The van der Waals surface area contributed by atoms with Crippen LogP contribution in [0.5, 0.6) is 11.5 Å². The van der Waals surface area contributed by atoms with Crippen LogP contribution in [0.3, 0.4) is 0 Å². The first-order chi connectivity index (χ1) is 23.2. The minimum Gasteiger partial charge on any atom is -0.490 e. The zero-order chi connectivity index (χ0) is 34.7. The van der Waals surface area contributed by atoms with Crippen molar-refractivity contribution in [2.24, 2.45) is 10.3 Å². The van der Waals surface area contributed by atoms with E-state index >= 15 is 0 Å². The average Bonchev–Trinajstić information content (AvgIpc) is 3.06. The molecule has 0 aliphatic rings. The van der Waals surface area contributed by atoms with Crippen LogP contribution in [0.2, 0.25) is 0 Å². The molecule has 0 amide bonds. The molecule has 0 heterocycles. The molecule has 0 fully saturated rings. The van der Waals surface area contributed by atoms with E-state index in [1.165, 1.54) is 0 Å². The third-order valence-electron chi connectivity index (χ3n) is 6.27. The number of benzene rings is 3. The molecule has 0 aromatic heterocycles. The van der Waals surface area contributed by atoms with Crippen molar-refractivity contribution in [2.45, 2.75) is 26.7 Å². The molecule has 0 radical (unpaired) electrons. The van der Waals surface area contributed by atoms with Crippen LogP contribution in [0.15, 0.2) is 83.1 Å². The van der Waals surface area contributed by atoms with Gasteiger partial charge in [-0.05, 0) is 72.5 Å². The first-order valence-corrected chi connectivity index (χ1v) is 14.7. The van der Waals surface area contributed by atoms with Gasteiger partial charge in [0, 0.05) is 0 Å². The maximum absolute atomic E-state index is 10.6. The zero-order valence-electron chi connectivity index (χ0n) is 26.5. The van der Waals surface area contributed by atoms with Crippen molar-refractivity contribution in [3.05, 3.63) is 95.1 Å². The molecule has 0 bridgehead atoms. The Morgan fingerprint density at radius 2 is 0.979 bits per heavy atom. The Bertz CT molecular complexity index is 1620. The zero-order valence-corrected chi connectivity index (χ0v) is 26.5. The molecule has 0 atom stereocenters. The van der Waals surface area contributed by atoms with Crippen LogP contribution >= 0.6 is 0 Å². The Kier molecular flexibility index (Phi) is 14.4. The van der Waals surface area contributed by atoms with E-state index < -0.39 is 11.9 Å². The van der Waals surface area contributed by atoms with Gasteiger partial charge in [-0.15, -0.1) is 0 Å². The summed E-state index contributed by atoms with van der Waals surface area (Å²) in [6, 6.07) is 26.0. The summed E-state index contributed by atoms with van der Waals surface area (Å²) in [4.78, 5) is 31.4. The maximum atomic E-state index is 10.6. The SMILES string of the molecule is C/C(CC(=O)O)=N\OCCOc1ccc(/C=C(\C#N)c2ccc(/C(C#N)=C\c3ccc(OCCO/N=C(\C)CC(=O)O)cc3)cc2)cc1. The van der Waals surface area contributed by atoms with Gasteiger partial charge in [0.1, 0.15) is 24.7 Å². The van der Waals surface area contributed by atoms with Crippen molar-refractivity contribution in [3.8, 4) is 23.6 Å². The van der Waals surface area contributed by atoms with Gasteiger partial charge in [0.2, 0.25) is 0 Å². The molecule has 0 aliphatic carbocycles.